The second kappa shape index (κ2) is 15.8. The molecular formula is C25H34N4O11S2. The maximum absolute atomic E-state index is 13.6. The molecule has 15 nitrogen and oxygen atoms in total. The summed E-state index contributed by atoms with van der Waals surface area (Å²) >= 11 is 0. The fourth-order valence-electron chi connectivity index (χ4n) is 3.39. The van der Waals surface area contributed by atoms with Crippen LogP contribution in [0.4, 0.5) is 0 Å². The number of guanidine groups is 1. The van der Waals surface area contributed by atoms with E-state index in [0.717, 1.165) is 12.1 Å². The summed E-state index contributed by atoms with van der Waals surface area (Å²) < 4.78 is 75.0. The third-order valence-corrected chi connectivity index (χ3v) is 8.29. The number of nitrogens with zero attached hydrogens (tertiary/aromatic N) is 2. The number of benzene rings is 2. The number of nitrogens with two attached hydrogens (primary N) is 2. The predicted molar refractivity (Wildman–Crippen MR) is 149 cm³/mol. The number of rotatable bonds is 17. The molecule has 0 spiro atoms. The molecule has 0 saturated heterocycles. The predicted octanol–water partition coefficient (Wildman–Crippen LogP) is 0.854. The normalized spacial score (nSPS) is 11.4. The van der Waals surface area contributed by atoms with Crippen LogP contribution in [0.2, 0.25) is 0 Å². The van der Waals surface area contributed by atoms with E-state index in [2.05, 4.69) is 5.16 Å². The summed E-state index contributed by atoms with van der Waals surface area (Å²) in [5, 5.41) is 3.38. The Morgan fingerprint density at radius 1 is 0.857 bits per heavy atom. The summed E-state index contributed by atoms with van der Waals surface area (Å²) in [6.07, 6.45) is 0.401. The highest BCUT2D eigenvalue weighted by molar-refractivity contribution is 7.91. The summed E-state index contributed by atoms with van der Waals surface area (Å²) in [5.41, 5.74) is 10.9. The standard InChI is InChI=1S/C25H34N4O11S2/c1-4-36-23(30)16-29(17-24(31)37-5-2)41(32,33)21-9-6-7-10-22(21)42(34,35)40-20-14-18(3)13-19(15-20)38-11-8-12-39-28-25(26)27/h6-7,9-10,13-15H,4-5,8,11-12,16-17H2,1-3H3,(H4,26,27,28). The largest absolute Gasteiger partial charge is 0.493 e. The van der Waals surface area contributed by atoms with Crippen molar-refractivity contribution in [3.8, 4) is 11.5 Å². The van der Waals surface area contributed by atoms with Gasteiger partial charge in [-0.3, -0.25) is 9.59 Å². The van der Waals surface area contributed by atoms with Crippen LogP contribution in [-0.4, -0.2) is 78.6 Å². The fourth-order valence-corrected chi connectivity index (χ4v) is 6.41. The SMILES string of the molecule is CCOC(=O)CN(CC(=O)OCC)S(=O)(=O)c1ccccc1S(=O)(=O)Oc1cc(C)cc(OCCCON=C(N)N)c1. The Hall–Kier alpha value is -4.09. The molecule has 0 bridgehead atoms. The molecule has 0 aliphatic carbocycles. The van der Waals surface area contributed by atoms with Crippen LogP contribution in [0.3, 0.4) is 0 Å². The minimum Gasteiger partial charge on any atom is -0.493 e. The van der Waals surface area contributed by atoms with E-state index >= 15 is 0 Å². The van der Waals surface area contributed by atoms with Gasteiger partial charge in [-0.25, -0.2) is 8.42 Å². The molecule has 0 atom stereocenters. The van der Waals surface area contributed by atoms with E-state index in [1.807, 2.05) is 0 Å². The minimum atomic E-state index is -4.76. The van der Waals surface area contributed by atoms with Gasteiger partial charge in [-0.15, -0.1) is 0 Å². The number of oxime groups is 1. The van der Waals surface area contributed by atoms with Gasteiger partial charge in [0.2, 0.25) is 16.0 Å². The molecule has 0 saturated carbocycles. The number of carbonyl (C=O) groups is 2. The molecule has 17 heteroatoms. The number of ether oxygens (including phenoxy) is 3. The molecule has 0 aliphatic rings. The zero-order valence-electron chi connectivity index (χ0n) is 23.3. The fraction of sp³-hybridized carbons (Fsp3) is 0.400. The van der Waals surface area contributed by atoms with Crippen molar-refractivity contribution in [2.45, 2.75) is 37.0 Å². The van der Waals surface area contributed by atoms with Crippen LogP contribution in [0.25, 0.3) is 0 Å². The molecule has 42 heavy (non-hydrogen) atoms. The third-order valence-electron chi connectivity index (χ3n) is 5.01. The molecule has 2 rings (SSSR count). The lowest BCUT2D eigenvalue weighted by molar-refractivity contribution is -0.146. The highest BCUT2D eigenvalue weighted by atomic mass is 32.2. The van der Waals surface area contributed by atoms with E-state index in [1.54, 1.807) is 13.0 Å². The maximum atomic E-state index is 13.6. The number of hydrogen-bond acceptors (Lipinski definition) is 12. The maximum Gasteiger partial charge on any atom is 0.340 e. The number of hydrogen-bond donors (Lipinski definition) is 2. The van der Waals surface area contributed by atoms with Crippen molar-refractivity contribution >= 4 is 38.0 Å². The van der Waals surface area contributed by atoms with Crippen LogP contribution in [-0.2, 0) is 44.0 Å². The number of esters is 2. The van der Waals surface area contributed by atoms with Crippen molar-refractivity contribution in [3.63, 3.8) is 0 Å². The molecule has 0 aliphatic heterocycles. The summed E-state index contributed by atoms with van der Waals surface area (Å²) in [6.45, 7) is 3.25. The number of aryl methyl sites for hydroxylation is 1. The van der Waals surface area contributed by atoms with E-state index in [1.165, 1.54) is 38.1 Å². The van der Waals surface area contributed by atoms with Gasteiger partial charge in [0.25, 0.3) is 0 Å². The zero-order valence-corrected chi connectivity index (χ0v) is 25.0. The highest BCUT2D eigenvalue weighted by Crippen LogP contribution is 2.29. The molecular weight excluding hydrogens is 596 g/mol. The minimum absolute atomic E-state index is 0.0428. The molecule has 2 aromatic rings. The first-order valence-corrected chi connectivity index (χ1v) is 15.4. The van der Waals surface area contributed by atoms with Gasteiger partial charge in [-0.2, -0.15) is 12.7 Å². The van der Waals surface area contributed by atoms with E-state index in [0.29, 0.717) is 16.3 Å². The van der Waals surface area contributed by atoms with Crippen molar-refractivity contribution in [1.82, 2.24) is 4.31 Å². The zero-order chi connectivity index (χ0) is 31.3. The average Bonchev–Trinajstić information content (AvgIpc) is 2.90. The molecule has 2 aromatic carbocycles. The first kappa shape index (κ1) is 34.1. The van der Waals surface area contributed by atoms with Crippen LogP contribution in [0.1, 0.15) is 25.8 Å². The summed E-state index contributed by atoms with van der Waals surface area (Å²) in [6, 6.07) is 8.99. The Morgan fingerprint density at radius 2 is 1.43 bits per heavy atom. The van der Waals surface area contributed by atoms with Crippen molar-refractivity contribution in [3.05, 3.63) is 48.0 Å². The first-order chi connectivity index (χ1) is 19.8. The Balaban J connectivity index is 2.35. The number of carbonyl (C=O) groups excluding carboxylic acids is 2. The van der Waals surface area contributed by atoms with Gasteiger partial charge >= 0.3 is 22.1 Å². The lowest BCUT2D eigenvalue weighted by Crippen LogP contribution is -2.41. The van der Waals surface area contributed by atoms with Gasteiger partial charge in [0, 0.05) is 12.5 Å². The molecule has 0 heterocycles. The molecule has 232 valence electrons. The third kappa shape index (κ3) is 10.4. The van der Waals surface area contributed by atoms with Crippen LogP contribution < -0.4 is 20.4 Å². The Labute approximate surface area is 244 Å². The molecule has 0 fully saturated rings. The highest BCUT2D eigenvalue weighted by Gasteiger charge is 2.35. The Morgan fingerprint density at radius 3 is 2.00 bits per heavy atom. The molecule has 4 N–H and O–H groups in total. The van der Waals surface area contributed by atoms with Crippen LogP contribution in [0.5, 0.6) is 11.5 Å². The van der Waals surface area contributed by atoms with Gasteiger partial charge in [0.1, 0.15) is 41.0 Å². The van der Waals surface area contributed by atoms with Gasteiger partial charge < -0.3 is 34.7 Å². The van der Waals surface area contributed by atoms with Crippen molar-refractivity contribution in [1.29, 1.82) is 0 Å². The van der Waals surface area contributed by atoms with Crippen LogP contribution >= 0.6 is 0 Å². The smallest absolute Gasteiger partial charge is 0.340 e. The van der Waals surface area contributed by atoms with E-state index < -0.39 is 55.0 Å². The van der Waals surface area contributed by atoms with Gasteiger partial charge in [0.15, 0.2) is 0 Å². The van der Waals surface area contributed by atoms with Crippen molar-refractivity contribution in [2.75, 3.05) is 39.5 Å². The molecule has 0 unspecified atom stereocenters. The second-order valence-electron chi connectivity index (χ2n) is 8.40. The van der Waals surface area contributed by atoms with E-state index in [-0.39, 0.29) is 43.9 Å². The second-order valence-corrected chi connectivity index (χ2v) is 11.8. The number of sulfonamides is 1. The summed E-state index contributed by atoms with van der Waals surface area (Å²) in [4.78, 5) is 27.7. The first-order valence-electron chi connectivity index (χ1n) is 12.6. The molecule has 0 amide bonds. The molecule has 0 aromatic heterocycles. The summed E-state index contributed by atoms with van der Waals surface area (Å²) in [5.74, 6) is -1.99. The van der Waals surface area contributed by atoms with Crippen molar-refractivity contribution in [2.24, 2.45) is 16.6 Å². The van der Waals surface area contributed by atoms with Gasteiger partial charge in [-0.05, 0) is 55.8 Å². The molecule has 0 radical (unpaired) electrons. The average molecular weight is 631 g/mol. The summed E-state index contributed by atoms with van der Waals surface area (Å²) in [7, 11) is -9.53. The lowest BCUT2D eigenvalue weighted by Gasteiger charge is -2.22. The van der Waals surface area contributed by atoms with Gasteiger partial charge in [0.05, 0.1) is 19.8 Å². The quantitative estimate of drug-likeness (QED) is 0.0620. The lowest BCUT2D eigenvalue weighted by atomic mass is 10.2. The Kier molecular flexibility index (Phi) is 12.8. The topological polar surface area (TPSA) is 216 Å². The van der Waals surface area contributed by atoms with Crippen LogP contribution in [0.15, 0.2) is 57.4 Å². The van der Waals surface area contributed by atoms with E-state index in [4.69, 9.17) is 34.7 Å². The van der Waals surface area contributed by atoms with Crippen molar-refractivity contribution < 1.29 is 49.7 Å². The van der Waals surface area contributed by atoms with E-state index in [9.17, 15) is 26.4 Å². The van der Waals surface area contributed by atoms with Crippen LogP contribution in [0, 0.1) is 6.92 Å². The Bertz CT molecular complexity index is 1450. The monoisotopic (exact) mass is 630 g/mol. The van der Waals surface area contributed by atoms with Gasteiger partial charge in [-0.1, -0.05) is 12.1 Å².